The maximum atomic E-state index is 12.8. The molecule has 0 radical (unpaired) electrons. The molecule has 0 aromatic heterocycles. The number of esters is 3. The summed E-state index contributed by atoms with van der Waals surface area (Å²) in [6.07, 6.45) is 67.4. The zero-order valence-corrected chi connectivity index (χ0v) is 42.7. The van der Waals surface area contributed by atoms with Crippen molar-refractivity contribution in [2.45, 2.75) is 271 Å². The molecule has 0 rings (SSSR count). The third-order valence-electron chi connectivity index (χ3n) is 11.7. The van der Waals surface area contributed by atoms with Crippen LogP contribution in [0.2, 0.25) is 0 Å². The Morgan fingerprint density at radius 1 is 0.323 bits per heavy atom. The van der Waals surface area contributed by atoms with Gasteiger partial charge in [-0.05, 0) is 109 Å². The van der Waals surface area contributed by atoms with Crippen LogP contribution >= 0.6 is 0 Å². The fraction of sp³-hybridized carbons (Fsp3) is 0.746. The fourth-order valence-electron chi connectivity index (χ4n) is 7.54. The number of carbonyl (C=O) groups excluding carboxylic acids is 3. The van der Waals surface area contributed by atoms with Crippen LogP contribution in [0, 0.1) is 0 Å². The van der Waals surface area contributed by atoms with E-state index < -0.39 is 6.10 Å². The van der Waals surface area contributed by atoms with Gasteiger partial charge in [0.2, 0.25) is 0 Å². The van der Waals surface area contributed by atoms with E-state index >= 15 is 0 Å². The van der Waals surface area contributed by atoms with Gasteiger partial charge in [-0.1, -0.05) is 209 Å². The zero-order chi connectivity index (χ0) is 47.2. The van der Waals surface area contributed by atoms with Crippen LogP contribution in [0.4, 0.5) is 0 Å². The molecule has 0 aliphatic carbocycles. The monoisotopic (exact) mass is 907 g/mol. The Bertz CT molecular complexity index is 1230. The average molecular weight is 907 g/mol. The zero-order valence-electron chi connectivity index (χ0n) is 42.7. The molecule has 0 aromatic carbocycles. The van der Waals surface area contributed by atoms with E-state index in [9.17, 15) is 14.4 Å². The fourth-order valence-corrected chi connectivity index (χ4v) is 7.54. The smallest absolute Gasteiger partial charge is 0.306 e. The Morgan fingerprint density at radius 3 is 1.00 bits per heavy atom. The largest absolute Gasteiger partial charge is 0.462 e. The van der Waals surface area contributed by atoms with Crippen molar-refractivity contribution in [3.05, 3.63) is 72.9 Å². The molecule has 0 saturated carbocycles. The number of hydrogen-bond acceptors (Lipinski definition) is 6. The van der Waals surface area contributed by atoms with Gasteiger partial charge < -0.3 is 14.2 Å². The summed E-state index contributed by atoms with van der Waals surface area (Å²) in [7, 11) is 0. The van der Waals surface area contributed by atoms with Crippen molar-refractivity contribution < 1.29 is 28.6 Å². The number of unbranched alkanes of at least 4 members (excludes halogenated alkanes) is 26. The number of carbonyl (C=O) groups is 3. The second kappa shape index (κ2) is 53.5. The molecule has 6 nitrogen and oxygen atoms in total. The van der Waals surface area contributed by atoms with Gasteiger partial charge in [-0.2, -0.15) is 0 Å². The number of ether oxygens (including phenoxy) is 3. The van der Waals surface area contributed by atoms with Gasteiger partial charge in [0.25, 0.3) is 0 Å². The van der Waals surface area contributed by atoms with E-state index in [-0.39, 0.29) is 31.1 Å². The SMILES string of the molecule is CC/C=C\C/C=C\C/C=C\CCCCCC(=O)OCC(COC(=O)CCCCCCCCC/C=C\C/C=C\CCCCC)OC(=O)CCCCCCCCC/C=C\CCCCCCCC. The summed E-state index contributed by atoms with van der Waals surface area (Å²) in [4.78, 5) is 38.1. The molecule has 374 valence electrons. The molecule has 0 aliphatic heterocycles. The molecule has 0 amide bonds. The van der Waals surface area contributed by atoms with Gasteiger partial charge in [-0.25, -0.2) is 0 Å². The Morgan fingerprint density at radius 2 is 0.600 bits per heavy atom. The Hall–Kier alpha value is -3.15. The molecule has 1 unspecified atom stereocenters. The Balaban J connectivity index is 4.42. The molecular weight excluding hydrogens is 805 g/mol. The Kier molecular flexibility index (Phi) is 50.9. The van der Waals surface area contributed by atoms with E-state index in [0.29, 0.717) is 19.3 Å². The minimum absolute atomic E-state index is 0.0905. The van der Waals surface area contributed by atoms with Crippen molar-refractivity contribution in [2.24, 2.45) is 0 Å². The summed E-state index contributed by atoms with van der Waals surface area (Å²) in [6, 6.07) is 0. The molecule has 65 heavy (non-hydrogen) atoms. The molecule has 0 aliphatic rings. The number of hydrogen-bond donors (Lipinski definition) is 0. The van der Waals surface area contributed by atoms with Gasteiger partial charge >= 0.3 is 17.9 Å². The van der Waals surface area contributed by atoms with Gasteiger partial charge in [-0.3, -0.25) is 14.4 Å². The topological polar surface area (TPSA) is 78.9 Å². The summed E-state index contributed by atoms with van der Waals surface area (Å²) in [5.74, 6) is -0.928. The molecule has 0 aromatic rings. The normalized spacial score (nSPS) is 12.6. The van der Waals surface area contributed by atoms with E-state index in [1.807, 2.05) is 0 Å². The molecule has 0 saturated heterocycles. The lowest BCUT2D eigenvalue weighted by Crippen LogP contribution is -2.30. The maximum absolute atomic E-state index is 12.8. The minimum Gasteiger partial charge on any atom is -0.462 e. The highest BCUT2D eigenvalue weighted by Crippen LogP contribution is 2.14. The maximum Gasteiger partial charge on any atom is 0.306 e. The first-order valence-corrected chi connectivity index (χ1v) is 27.4. The van der Waals surface area contributed by atoms with E-state index in [4.69, 9.17) is 14.2 Å². The van der Waals surface area contributed by atoms with Crippen molar-refractivity contribution in [3.8, 4) is 0 Å². The summed E-state index contributed by atoms with van der Waals surface area (Å²) in [5.41, 5.74) is 0. The highest BCUT2D eigenvalue weighted by molar-refractivity contribution is 5.71. The average Bonchev–Trinajstić information content (AvgIpc) is 3.30. The van der Waals surface area contributed by atoms with Crippen molar-refractivity contribution in [1.82, 2.24) is 0 Å². The quantitative estimate of drug-likeness (QED) is 0.0262. The second-order valence-electron chi connectivity index (χ2n) is 18.1. The highest BCUT2D eigenvalue weighted by Gasteiger charge is 2.19. The molecule has 0 fully saturated rings. The summed E-state index contributed by atoms with van der Waals surface area (Å²) < 4.78 is 16.8. The second-order valence-corrected chi connectivity index (χ2v) is 18.1. The van der Waals surface area contributed by atoms with E-state index in [2.05, 4.69) is 93.7 Å². The molecule has 0 spiro atoms. The van der Waals surface area contributed by atoms with Crippen LogP contribution in [0.3, 0.4) is 0 Å². The summed E-state index contributed by atoms with van der Waals surface area (Å²) in [5, 5.41) is 0. The van der Waals surface area contributed by atoms with Crippen LogP contribution in [0.1, 0.15) is 265 Å². The van der Waals surface area contributed by atoms with Crippen LogP contribution in [-0.4, -0.2) is 37.2 Å². The van der Waals surface area contributed by atoms with Crippen LogP contribution in [0.5, 0.6) is 0 Å². The van der Waals surface area contributed by atoms with Gasteiger partial charge in [0.1, 0.15) is 13.2 Å². The number of allylic oxidation sites excluding steroid dienone is 12. The predicted octanol–water partition coefficient (Wildman–Crippen LogP) is 18.2. The molecule has 1 atom stereocenters. The molecule has 0 heterocycles. The third-order valence-corrected chi connectivity index (χ3v) is 11.7. The van der Waals surface area contributed by atoms with Crippen LogP contribution in [0.25, 0.3) is 0 Å². The molecule has 6 heteroatoms. The lowest BCUT2D eigenvalue weighted by atomic mass is 10.1. The van der Waals surface area contributed by atoms with E-state index in [1.165, 1.54) is 128 Å². The van der Waals surface area contributed by atoms with Crippen LogP contribution in [0.15, 0.2) is 72.9 Å². The Labute approximate surface area is 402 Å². The van der Waals surface area contributed by atoms with Gasteiger partial charge in [0.15, 0.2) is 6.10 Å². The first-order valence-electron chi connectivity index (χ1n) is 27.4. The van der Waals surface area contributed by atoms with Gasteiger partial charge in [-0.15, -0.1) is 0 Å². The lowest BCUT2D eigenvalue weighted by molar-refractivity contribution is -0.167. The highest BCUT2D eigenvalue weighted by atomic mass is 16.6. The van der Waals surface area contributed by atoms with Crippen molar-refractivity contribution >= 4 is 17.9 Å². The summed E-state index contributed by atoms with van der Waals surface area (Å²) in [6.45, 7) is 6.47. The van der Waals surface area contributed by atoms with Gasteiger partial charge in [0, 0.05) is 19.3 Å². The van der Waals surface area contributed by atoms with Crippen LogP contribution in [-0.2, 0) is 28.6 Å². The van der Waals surface area contributed by atoms with Crippen molar-refractivity contribution in [3.63, 3.8) is 0 Å². The molecular formula is C59H102O6. The van der Waals surface area contributed by atoms with E-state index in [1.54, 1.807) is 0 Å². The van der Waals surface area contributed by atoms with Crippen molar-refractivity contribution in [1.29, 1.82) is 0 Å². The van der Waals surface area contributed by atoms with Crippen molar-refractivity contribution in [2.75, 3.05) is 13.2 Å². The van der Waals surface area contributed by atoms with Gasteiger partial charge in [0.05, 0.1) is 0 Å². The first-order chi connectivity index (χ1) is 32.0. The number of rotatable bonds is 49. The van der Waals surface area contributed by atoms with E-state index in [0.717, 1.165) is 96.3 Å². The molecule has 0 N–H and O–H groups in total. The third kappa shape index (κ3) is 51.7. The minimum atomic E-state index is -0.793. The molecule has 0 bridgehead atoms. The lowest BCUT2D eigenvalue weighted by Gasteiger charge is -2.18. The predicted molar refractivity (Wildman–Crippen MR) is 279 cm³/mol. The van der Waals surface area contributed by atoms with Crippen LogP contribution < -0.4 is 0 Å². The standard InChI is InChI=1S/C59H102O6/c1-4-7-10-13-16-19-22-25-27-29-31-34-37-40-43-46-49-52-58(61)64-55-56(54-63-57(60)51-48-45-42-39-36-33-24-21-18-15-12-9-6-3)65-59(62)53-50-47-44-41-38-35-32-30-28-26-23-20-17-14-11-8-5-2/h9,12,16,18-19,21,25-28,33,36,56H,4-8,10-11,13-15,17,20,22-24,29-32,34-35,37-55H2,1-3H3/b12-9-,19-16-,21-18-,27-25-,28-26-,36-33-. The summed E-state index contributed by atoms with van der Waals surface area (Å²) >= 11 is 0. The first kappa shape index (κ1) is 61.9.